The fourth-order valence-corrected chi connectivity index (χ4v) is 6.66. The summed E-state index contributed by atoms with van der Waals surface area (Å²) in [6.07, 6.45) is 11.3. The highest BCUT2D eigenvalue weighted by molar-refractivity contribution is 5.94. The monoisotopic (exact) mass is 507 g/mol. The van der Waals surface area contributed by atoms with Gasteiger partial charge < -0.3 is 24.4 Å². The van der Waals surface area contributed by atoms with Crippen LogP contribution in [0.4, 0.5) is 11.6 Å². The zero-order chi connectivity index (χ0) is 25.4. The molecule has 200 valence electrons. The Morgan fingerprint density at radius 2 is 1.84 bits per heavy atom. The standard InChI is InChI=1S/C28H41N7O2/c1-20-17-23(36)32-25-24(20)27(30-19-29-25)34-11-5-21(6-12-34)26-31-22(28(2)7-15-37-16-8-28)18-35(26)14-13-33-9-3-4-10-33/h18-21H,3-17H2,1-2H3,(H,29,30,32,36). The lowest BCUT2D eigenvalue weighted by Gasteiger charge is -2.35. The number of nitrogens with zero attached hydrogens (tertiary/aromatic N) is 6. The maximum absolute atomic E-state index is 12.0. The summed E-state index contributed by atoms with van der Waals surface area (Å²) in [5, 5.41) is 2.94. The van der Waals surface area contributed by atoms with E-state index in [2.05, 4.69) is 49.7 Å². The van der Waals surface area contributed by atoms with E-state index in [1.54, 1.807) is 6.33 Å². The van der Waals surface area contributed by atoms with Crippen molar-refractivity contribution < 1.29 is 9.53 Å². The molecule has 4 aliphatic rings. The van der Waals surface area contributed by atoms with Crippen LogP contribution < -0.4 is 10.2 Å². The van der Waals surface area contributed by atoms with E-state index < -0.39 is 0 Å². The van der Waals surface area contributed by atoms with Crippen LogP contribution in [0.3, 0.4) is 0 Å². The Morgan fingerprint density at radius 1 is 1.08 bits per heavy atom. The molecule has 3 fully saturated rings. The molecule has 6 rings (SSSR count). The zero-order valence-electron chi connectivity index (χ0n) is 22.4. The topological polar surface area (TPSA) is 88.4 Å². The third-order valence-electron chi connectivity index (χ3n) is 9.14. The molecule has 0 radical (unpaired) electrons. The van der Waals surface area contributed by atoms with Crippen molar-refractivity contribution in [2.75, 3.05) is 56.2 Å². The number of aromatic nitrogens is 4. The highest BCUT2D eigenvalue weighted by atomic mass is 16.5. The van der Waals surface area contributed by atoms with Gasteiger partial charge in [0.25, 0.3) is 0 Å². The number of anilines is 2. The third kappa shape index (κ3) is 5.00. The highest BCUT2D eigenvalue weighted by Gasteiger charge is 2.35. The number of hydrogen-bond donors (Lipinski definition) is 1. The molecule has 0 aliphatic carbocycles. The minimum absolute atomic E-state index is 0.0400. The molecular formula is C28H41N7O2. The van der Waals surface area contributed by atoms with Gasteiger partial charge in [0.05, 0.1) is 5.69 Å². The van der Waals surface area contributed by atoms with Crippen molar-refractivity contribution >= 4 is 17.5 Å². The second-order valence-electron chi connectivity index (χ2n) is 11.8. The molecule has 9 heteroatoms. The number of carbonyl (C=O) groups is 1. The molecule has 3 saturated heterocycles. The van der Waals surface area contributed by atoms with Gasteiger partial charge in [-0.15, -0.1) is 0 Å². The molecule has 0 bridgehead atoms. The number of imidazole rings is 1. The quantitative estimate of drug-likeness (QED) is 0.638. The first-order valence-electron chi connectivity index (χ1n) is 14.3. The number of rotatable bonds is 6. The second kappa shape index (κ2) is 10.3. The highest BCUT2D eigenvalue weighted by Crippen LogP contribution is 2.40. The fraction of sp³-hybridized carbons (Fsp3) is 0.714. The van der Waals surface area contributed by atoms with Crippen LogP contribution in [-0.2, 0) is 21.5 Å². The van der Waals surface area contributed by atoms with Crippen molar-refractivity contribution in [2.45, 2.75) is 82.6 Å². The Hall–Kier alpha value is -2.52. The number of amides is 1. The van der Waals surface area contributed by atoms with Gasteiger partial charge in [-0.2, -0.15) is 0 Å². The van der Waals surface area contributed by atoms with Gasteiger partial charge in [0.1, 0.15) is 23.8 Å². The van der Waals surface area contributed by atoms with E-state index in [4.69, 9.17) is 9.72 Å². The number of hydrogen-bond acceptors (Lipinski definition) is 7. The normalized spacial score (nSPS) is 24.8. The minimum Gasteiger partial charge on any atom is -0.381 e. The Kier molecular flexibility index (Phi) is 6.92. The molecule has 1 amide bonds. The average Bonchev–Trinajstić information content (AvgIpc) is 3.58. The van der Waals surface area contributed by atoms with E-state index in [9.17, 15) is 4.79 Å². The van der Waals surface area contributed by atoms with Gasteiger partial charge in [-0.25, -0.2) is 15.0 Å². The molecule has 2 aromatic heterocycles. The Balaban J connectivity index is 1.21. The lowest BCUT2D eigenvalue weighted by molar-refractivity contribution is -0.116. The van der Waals surface area contributed by atoms with Crippen molar-refractivity contribution in [3.05, 3.63) is 29.6 Å². The largest absolute Gasteiger partial charge is 0.381 e. The lowest BCUT2D eigenvalue weighted by Crippen LogP contribution is -2.36. The number of nitrogens with one attached hydrogen (secondary N) is 1. The number of likely N-dealkylation sites (tertiary alicyclic amines) is 1. The Bertz CT molecular complexity index is 1110. The van der Waals surface area contributed by atoms with Gasteiger partial charge in [0.15, 0.2) is 0 Å². The molecule has 4 aliphatic heterocycles. The van der Waals surface area contributed by atoms with E-state index in [0.29, 0.717) is 18.2 Å². The summed E-state index contributed by atoms with van der Waals surface area (Å²) in [6, 6.07) is 0. The van der Waals surface area contributed by atoms with Crippen LogP contribution in [0, 0.1) is 0 Å². The molecule has 0 spiro atoms. The van der Waals surface area contributed by atoms with Gasteiger partial charge in [-0.05, 0) is 57.5 Å². The van der Waals surface area contributed by atoms with Gasteiger partial charge in [0.2, 0.25) is 5.91 Å². The minimum atomic E-state index is 0.0400. The molecular weight excluding hydrogens is 466 g/mol. The van der Waals surface area contributed by atoms with Crippen molar-refractivity contribution in [1.29, 1.82) is 0 Å². The van der Waals surface area contributed by atoms with Crippen LogP contribution in [0.2, 0.25) is 0 Å². The molecule has 9 nitrogen and oxygen atoms in total. The van der Waals surface area contributed by atoms with Crippen LogP contribution >= 0.6 is 0 Å². The number of piperidine rings is 1. The predicted octanol–water partition coefficient (Wildman–Crippen LogP) is 3.67. The first-order valence-corrected chi connectivity index (χ1v) is 14.3. The SMILES string of the molecule is CC1CC(=O)Nc2ncnc(N3CCC(c4nc(C5(C)CCOCC5)cn4CCN4CCCC4)CC3)c21. The molecule has 1 atom stereocenters. The molecule has 37 heavy (non-hydrogen) atoms. The van der Waals surface area contributed by atoms with E-state index in [1.165, 1.54) is 37.4 Å². The summed E-state index contributed by atoms with van der Waals surface area (Å²) in [4.78, 5) is 31.4. The van der Waals surface area contributed by atoms with E-state index in [-0.39, 0.29) is 17.2 Å². The van der Waals surface area contributed by atoms with Crippen LogP contribution in [0.5, 0.6) is 0 Å². The number of carbonyl (C=O) groups excluding carboxylic acids is 1. The maximum Gasteiger partial charge on any atom is 0.226 e. The summed E-state index contributed by atoms with van der Waals surface area (Å²) >= 11 is 0. The van der Waals surface area contributed by atoms with Gasteiger partial charge in [-0.1, -0.05) is 13.8 Å². The Labute approximate surface area is 220 Å². The predicted molar refractivity (Wildman–Crippen MR) is 143 cm³/mol. The van der Waals surface area contributed by atoms with Gasteiger partial charge >= 0.3 is 0 Å². The summed E-state index contributed by atoms with van der Waals surface area (Å²) < 4.78 is 8.17. The van der Waals surface area contributed by atoms with Crippen molar-refractivity contribution in [1.82, 2.24) is 24.4 Å². The lowest BCUT2D eigenvalue weighted by atomic mass is 9.80. The fourth-order valence-electron chi connectivity index (χ4n) is 6.66. The van der Waals surface area contributed by atoms with Crippen molar-refractivity contribution in [3.8, 4) is 0 Å². The summed E-state index contributed by atoms with van der Waals surface area (Å²) in [7, 11) is 0. The first-order chi connectivity index (χ1) is 18.0. The van der Waals surface area contributed by atoms with Gasteiger partial charge in [-0.3, -0.25) is 4.79 Å². The Morgan fingerprint density at radius 3 is 2.59 bits per heavy atom. The van der Waals surface area contributed by atoms with E-state index >= 15 is 0 Å². The maximum atomic E-state index is 12.0. The van der Waals surface area contributed by atoms with Crippen LogP contribution in [0.1, 0.15) is 87.7 Å². The second-order valence-corrected chi connectivity index (χ2v) is 11.8. The molecule has 0 aromatic carbocycles. The van der Waals surface area contributed by atoms with Crippen molar-refractivity contribution in [2.24, 2.45) is 0 Å². The van der Waals surface area contributed by atoms with Crippen LogP contribution in [0.15, 0.2) is 12.5 Å². The smallest absolute Gasteiger partial charge is 0.226 e. The molecule has 6 heterocycles. The van der Waals surface area contributed by atoms with Gasteiger partial charge in [0, 0.05) is 68.9 Å². The van der Waals surface area contributed by atoms with Crippen molar-refractivity contribution in [3.63, 3.8) is 0 Å². The average molecular weight is 508 g/mol. The van der Waals surface area contributed by atoms with E-state index in [1.807, 2.05) is 0 Å². The van der Waals surface area contributed by atoms with Crippen LogP contribution in [0.25, 0.3) is 0 Å². The molecule has 1 N–H and O–H groups in total. The summed E-state index contributed by atoms with van der Waals surface area (Å²) in [5.74, 6) is 3.56. The van der Waals surface area contributed by atoms with E-state index in [0.717, 1.165) is 76.5 Å². The molecule has 1 unspecified atom stereocenters. The number of fused-ring (bicyclic) bond motifs is 1. The third-order valence-corrected chi connectivity index (χ3v) is 9.14. The molecule has 2 aromatic rings. The summed E-state index contributed by atoms with van der Waals surface area (Å²) in [5.41, 5.74) is 2.44. The zero-order valence-corrected chi connectivity index (χ0v) is 22.4. The summed E-state index contributed by atoms with van der Waals surface area (Å²) in [6.45, 7) is 12.6. The van der Waals surface area contributed by atoms with Crippen LogP contribution in [-0.4, -0.2) is 76.3 Å². The number of ether oxygens (including phenoxy) is 1. The molecule has 0 saturated carbocycles. The first kappa shape index (κ1) is 24.8.